The van der Waals surface area contributed by atoms with Gasteiger partial charge in [-0.15, -0.1) is 0 Å². The van der Waals surface area contributed by atoms with Crippen LogP contribution in [0, 0.1) is 5.92 Å². The monoisotopic (exact) mass is 462 g/mol. The Morgan fingerprint density at radius 3 is 2.62 bits per heavy atom. The van der Waals surface area contributed by atoms with Crippen molar-refractivity contribution in [3.63, 3.8) is 0 Å². The van der Waals surface area contributed by atoms with Crippen LogP contribution in [0.4, 0.5) is 11.4 Å². The molecule has 1 saturated carbocycles. The molecule has 8 nitrogen and oxygen atoms in total. The molecule has 1 saturated heterocycles. The fourth-order valence-electron chi connectivity index (χ4n) is 5.52. The zero-order valence-corrected chi connectivity index (χ0v) is 19.1. The van der Waals surface area contributed by atoms with Crippen LogP contribution >= 0.6 is 0 Å². The van der Waals surface area contributed by atoms with Crippen LogP contribution in [0.5, 0.6) is 0 Å². The number of carbonyl (C=O) groups is 3. The van der Waals surface area contributed by atoms with E-state index in [9.17, 15) is 14.4 Å². The molecular formula is C26H30N4O4. The maximum absolute atomic E-state index is 13.4. The van der Waals surface area contributed by atoms with Gasteiger partial charge in [-0.25, -0.2) is 0 Å². The van der Waals surface area contributed by atoms with E-state index in [-0.39, 0.29) is 29.3 Å². The van der Waals surface area contributed by atoms with E-state index < -0.39 is 11.5 Å². The maximum atomic E-state index is 13.4. The number of nitrogens with zero attached hydrogens (tertiary/aromatic N) is 1. The number of rotatable bonds is 5. The van der Waals surface area contributed by atoms with Gasteiger partial charge in [0.05, 0.1) is 5.41 Å². The van der Waals surface area contributed by atoms with Crippen LogP contribution in [-0.2, 0) is 19.7 Å². The van der Waals surface area contributed by atoms with Crippen molar-refractivity contribution in [1.82, 2.24) is 10.3 Å². The first kappa shape index (κ1) is 22.5. The van der Waals surface area contributed by atoms with Gasteiger partial charge in [0.2, 0.25) is 11.8 Å². The van der Waals surface area contributed by atoms with Crippen LogP contribution in [0.15, 0.2) is 42.6 Å². The van der Waals surface area contributed by atoms with Crippen LogP contribution in [0.2, 0.25) is 0 Å². The molecule has 0 bridgehead atoms. The Morgan fingerprint density at radius 2 is 1.88 bits per heavy atom. The van der Waals surface area contributed by atoms with E-state index in [4.69, 9.17) is 4.74 Å². The molecule has 3 amide bonds. The van der Waals surface area contributed by atoms with Crippen LogP contribution in [-0.4, -0.2) is 42.0 Å². The lowest BCUT2D eigenvalue weighted by molar-refractivity contribution is -0.124. The van der Waals surface area contributed by atoms with Gasteiger partial charge in [0.15, 0.2) is 0 Å². The standard InChI is InChI=1S/C26H30N4O4/c31-23(20-8-4-5-13-27-20)30-22(17-6-2-1-3-7-17)24(32)28-18-9-10-19-21(16-18)29-25(33)26(19)11-14-34-15-12-26/h4-5,8-10,13,16-17,22H,1-3,6-7,11-12,14-15H2,(H,28,32)(H,29,33)(H,30,31)/t22-/m0/s1. The molecule has 3 aliphatic rings. The van der Waals surface area contributed by atoms with Gasteiger partial charge < -0.3 is 20.7 Å². The third-order valence-electron chi connectivity index (χ3n) is 7.42. The average Bonchev–Trinajstić information content (AvgIpc) is 3.13. The molecule has 1 spiro atoms. The van der Waals surface area contributed by atoms with Crippen molar-refractivity contribution >= 4 is 29.1 Å². The molecule has 178 valence electrons. The topological polar surface area (TPSA) is 109 Å². The van der Waals surface area contributed by atoms with Gasteiger partial charge in [0.25, 0.3) is 5.91 Å². The highest BCUT2D eigenvalue weighted by Gasteiger charge is 2.47. The number of amides is 3. The third kappa shape index (κ3) is 4.30. The summed E-state index contributed by atoms with van der Waals surface area (Å²) in [4.78, 5) is 43.1. The van der Waals surface area contributed by atoms with Crippen LogP contribution in [0.25, 0.3) is 0 Å². The van der Waals surface area contributed by atoms with Crippen LogP contribution in [0.3, 0.4) is 0 Å². The predicted octanol–water partition coefficient (Wildman–Crippen LogP) is 3.40. The summed E-state index contributed by atoms with van der Waals surface area (Å²) < 4.78 is 5.47. The van der Waals surface area contributed by atoms with Gasteiger partial charge in [-0.1, -0.05) is 31.4 Å². The van der Waals surface area contributed by atoms with Crippen molar-refractivity contribution in [2.45, 2.75) is 56.4 Å². The molecule has 5 rings (SSSR count). The molecule has 2 aromatic rings. The van der Waals surface area contributed by atoms with Gasteiger partial charge in [-0.2, -0.15) is 0 Å². The number of nitrogens with one attached hydrogen (secondary N) is 3. The van der Waals surface area contributed by atoms with Crippen LogP contribution in [0.1, 0.15) is 61.0 Å². The SMILES string of the molecule is O=C(N[C@H](C(=O)Nc1ccc2c(c1)NC(=O)C21CCOCC1)C1CCCCC1)c1ccccn1. The molecule has 1 atom stereocenters. The number of benzene rings is 1. The molecule has 8 heteroatoms. The summed E-state index contributed by atoms with van der Waals surface area (Å²) >= 11 is 0. The number of carbonyl (C=O) groups excluding carboxylic acids is 3. The molecule has 3 N–H and O–H groups in total. The summed E-state index contributed by atoms with van der Waals surface area (Å²) in [5.74, 6) is -0.534. The molecule has 1 aromatic carbocycles. The number of hydrogen-bond acceptors (Lipinski definition) is 5. The number of pyridine rings is 1. The van der Waals surface area contributed by atoms with Gasteiger partial charge in [-0.3, -0.25) is 19.4 Å². The van der Waals surface area contributed by atoms with E-state index >= 15 is 0 Å². The number of aromatic nitrogens is 1. The molecule has 0 unspecified atom stereocenters. The Bertz CT molecular complexity index is 1080. The Morgan fingerprint density at radius 1 is 1.09 bits per heavy atom. The Hall–Kier alpha value is -3.26. The average molecular weight is 463 g/mol. The summed E-state index contributed by atoms with van der Waals surface area (Å²) in [6.45, 7) is 1.12. The normalized spacial score (nSPS) is 20.3. The number of ether oxygens (including phenoxy) is 1. The zero-order chi connectivity index (χ0) is 23.5. The second-order valence-corrected chi connectivity index (χ2v) is 9.46. The molecule has 1 aliphatic carbocycles. The summed E-state index contributed by atoms with van der Waals surface area (Å²) in [7, 11) is 0. The summed E-state index contributed by atoms with van der Waals surface area (Å²) in [6, 6.07) is 10.1. The zero-order valence-electron chi connectivity index (χ0n) is 19.1. The first-order valence-electron chi connectivity index (χ1n) is 12.1. The smallest absolute Gasteiger partial charge is 0.270 e. The maximum Gasteiger partial charge on any atom is 0.270 e. The second-order valence-electron chi connectivity index (χ2n) is 9.46. The van der Waals surface area contributed by atoms with Crippen molar-refractivity contribution in [3.05, 3.63) is 53.9 Å². The molecule has 1 aromatic heterocycles. The lowest BCUT2D eigenvalue weighted by Gasteiger charge is -2.31. The summed E-state index contributed by atoms with van der Waals surface area (Å²) in [5.41, 5.74) is 2.04. The van der Waals surface area contributed by atoms with E-state index in [2.05, 4.69) is 20.9 Å². The minimum Gasteiger partial charge on any atom is -0.381 e. The van der Waals surface area contributed by atoms with E-state index in [0.717, 1.165) is 43.4 Å². The largest absolute Gasteiger partial charge is 0.381 e. The molecule has 2 fully saturated rings. The highest BCUT2D eigenvalue weighted by Crippen LogP contribution is 2.45. The van der Waals surface area contributed by atoms with Crippen molar-refractivity contribution in [1.29, 1.82) is 0 Å². The molecular weight excluding hydrogens is 432 g/mol. The fourth-order valence-corrected chi connectivity index (χ4v) is 5.52. The van der Waals surface area contributed by atoms with E-state index in [1.54, 1.807) is 24.4 Å². The molecule has 34 heavy (non-hydrogen) atoms. The number of hydrogen-bond donors (Lipinski definition) is 3. The van der Waals surface area contributed by atoms with E-state index in [1.807, 2.05) is 18.2 Å². The summed E-state index contributed by atoms with van der Waals surface area (Å²) in [5, 5.41) is 8.91. The van der Waals surface area contributed by atoms with Gasteiger partial charge in [0, 0.05) is 30.8 Å². The first-order valence-corrected chi connectivity index (χ1v) is 12.1. The fraction of sp³-hybridized carbons (Fsp3) is 0.462. The molecule has 2 aliphatic heterocycles. The number of fused-ring (bicyclic) bond motifs is 2. The first-order chi connectivity index (χ1) is 16.6. The Labute approximate surface area is 198 Å². The third-order valence-corrected chi connectivity index (χ3v) is 7.42. The minimum atomic E-state index is -0.653. The van der Waals surface area contributed by atoms with Gasteiger partial charge >= 0.3 is 0 Å². The van der Waals surface area contributed by atoms with Gasteiger partial charge in [0.1, 0.15) is 11.7 Å². The Kier molecular flexibility index (Phi) is 6.32. The molecule has 3 heterocycles. The van der Waals surface area contributed by atoms with Crippen molar-refractivity contribution in [2.24, 2.45) is 5.92 Å². The highest BCUT2D eigenvalue weighted by molar-refractivity contribution is 6.07. The summed E-state index contributed by atoms with van der Waals surface area (Å²) in [6.07, 6.45) is 7.90. The number of anilines is 2. The van der Waals surface area contributed by atoms with Crippen molar-refractivity contribution in [2.75, 3.05) is 23.8 Å². The van der Waals surface area contributed by atoms with Crippen molar-refractivity contribution < 1.29 is 19.1 Å². The van der Waals surface area contributed by atoms with E-state index in [0.29, 0.717) is 31.7 Å². The van der Waals surface area contributed by atoms with Crippen molar-refractivity contribution in [3.8, 4) is 0 Å². The lowest BCUT2D eigenvalue weighted by atomic mass is 9.75. The van der Waals surface area contributed by atoms with Gasteiger partial charge in [-0.05, 0) is 61.4 Å². The predicted molar refractivity (Wildman–Crippen MR) is 127 cm³/mol. The Balaban J connectivity index is 1.34. The highest BCUT2D eigenvalue weighted by atomic mass is 16.5. The lowest BCUT2D eigenvalue weighted by Crippen LogP contribution is -2.49. The minimum absolute atomic E-state index is 0.00279. The van der Waals surface area contributed by atoms with Crippen LogP contribution < -0.4 is 16.0 Å². The quantitative estimate of drug-likeness (QED) is 0.631. The molecule has 0 radical (unpaired) electrons. The second kappa shape index (κ2) is 9.54. The van der Waals surface area contributed by atoms with E-state index in [1.165, 1.54) is 0 Å².